The van der Waals surface area contributed by atoms with Crippen molar-refractivity contribution in [3.8, 4) is 5.75 Å². The SMILES string of the molecule is CN(C)Cc1cc([C@@H](O)CC(=O)O)ccc1O. The largest absolute Gasteiger partial charge is 0.508 e. The molecule has 0 saturated carbocycles. The van der Waals surface area contributed by atoms with E-state index in [1.807, 2.05) is 19.0 Å². The van der Waals surface area contributed by atoms with Crippen LogP contribution >= 0.6 is 0 Å². The van der Waals surface area contributed by atoms with Crippen molar-refractivity contribution in [3.05, 3.63) is 29.3 Å². The Morgan fingerprint density at radius 2 is 2.06 bits per heavy atom. The first-order valence-electron chi connectivity index (χ1n) is 5.26. The molecule has 5 nitrogen and oxygen atoms in total. The molecule has 0 radical (unpaired) electrons. The van der Waals surface area contributed by atoms with Crippen molar-refractivity contribution >= 4 is 5.97 Å². The summed E-state index contributed by atoms with van der Waals surface area (Å²) in [5.41, 5.74) is 1.17. The highest BCUT2D eigenvalue weighted by molar-refractivity contribution is 5.67. The predicted molar refractivity (Wildman–Crippen MR) is 62.7 cm³/mol. The van der Waals surface area contributed by atoms with Crippen LogP contribution in [0.2, 0.25) is 0 Å². The number of benzene rings is 1. The average Bonchev–Trinajstić information content (AvgIpc) is 2.19. The summed E-state index contributed by atoms with van der Waals surface area (Å²) < 4.78 is 0. The second kappa shape index (κ2) is 5.65. The van der Waals surface area contributed by atoms with Crippen molar-refractivity contribution in [2.45, 2.75) is 19.1 Å². The van der Waals surface area contributed by atoms with Crippen LogP contribution in [-0.4, -0.2) is 40.3 Å². The summed E-state index contributed by atoms with van der Waals surface area (Å²) in [6.07, 6.45) is -1.39. The van der Waals surface area contributed by atoms with Crippen molar-refractivity contribution in [2.24, 2.45) is 0 Å². The van der Waals surface area contributed by atoms with E-state index >= 15 is 0 Å². The number of carboxylic acids is 1. The summed E-state index contributed by atoms with van der Waals surface area (Å²) in [5, 5.41) is 27.9. The van der Waals surface area contributed by atoms with Gasteiger partial charge in [0.15, 0.2) is 0 Å². The maximum absolute atomic E-state index is 10.5. The van der Waals surface area contributed by atoms with Gasteiger partial charge in [0.1, 0.15) is 5.75 Å². The molecule has 17 heavy (non-hydrogen) atoms. The molecule has 1 aromatic rings. The van der Waals surface area contributed by atoms with Crippen LogP contribution in [-0.2, 0) is 11.3 Å². The molecular formula is C12H17NO4. The molecule has 0 bridgehead atoms. The van der Waals surface area contributed by atoms with E-state index in [4.69, 9.17) is 5.11 Å². The molecule has 0 saturated heterocycles. The monoisotopic (exact) mass is 239 g/mol. The number of phenols is 1. The molecule has 1 aromatic carbocycles. The van der Waals surface area contributed by atoms with E-state index in [0.717, 1.165) is 0 Å². The molecule has 0 heterocycles. The Kier molecular flexibility index (Phi) is 4.48. The Morgan fingerprint density at radius 1 is 1.41 bits per heavy atom. The summed E-state index contributed by atoms with van der Waals surface area (Å²) in [6.45, 7) is 0.527. The number of phenolic OH excluding ortho intramolecular Hbond substituents is 1. The number of carbonyl (C=O) groups is 1. The van der Waals surface area contributed by atoms with Crippen LogP contribution in [0, 0.1) is 0 Å². The van der Waals surface area contributed by atoms with Gasteiger partial charge in [-0.2, -0.15) is 0 Å². The number of carboxylic acid groups (broad SMARTS) is 1. The topological polar surface area (TPSA) is 81.0 Å². The maximum Gasteiger partial charge on any atom is 0.306 e. The highest BCUT2D eigenvalue weighted by atomic mass is 16.4. The molecule has 94 valence electrons. The third-order valence-electron chi connectivity index (χ3n) is 2.34. The number of hydrogen-bond donors (Lipinski definition) is 3. The number of aliphatic carboxylic acids is 1. The van der Waals surface area contributed by atoms with Crippen LogP contribution in [0.25, 0.3) is 0 Å². The van der Waals surface area contributed by atoms with Gasteiger partial charge >= 0.3 is 5.97 Å². The van der Waals surface area contributed by atoms with Crippen molar-refractivity contribution in [1.29, 1.82) is 0 Å². The number of nitrogens with zero attached hydrogens (tertiary/aromatic N) is 1. The van der Waals surface area contributed by atoms with Gasteiger partial charge in [-0.1, -0.05) is 6.07 Å². The molecule has 0 amide bonds. The van der Waals surface area contributed by atoms with Crippen molar-refractivity contribution in [3.63, 3.8) is 0 Å². The summed E-state index contributed by atoms with van der Waals surface area (Å²) in [6, 6.07) is 4.63. The summed E-state index contributed by atoms with van der Waals surface area (Å²) in [5.74, 6) is -0.912. The highest BCUT2D eigenvalue weighted by Crippen LogP contribution is 2.24. The molecule has 1 rings (SSSR count). The standard InChI is InChI=1S/C12H17NO4/c1-13(2)7-9-5-8(3-4-10(9)14)11(15)6-12(16)17/h3-5,11,14-15H,6-7H2,1-2H3,(H,16,17)/t11-/m0/s1. The number of aliphatic hydroxyl groups excluding tert-OH is 1. The van der Waals surface area contributed by atoms with Gasteiger partial charge < -0.3 is 20.2 Å². The molecule has 0 fully saturated rings. The third kappa shape index (κ3) is 4.05. The van der Waals surface area contributed by atoms with E-state index in [0.29, 0.717) is 17.7 Å². The van der Waals surface area contributed by atoms with Crippen LogP contribution in [0.1, 0.15) is 23.7 Å². The molecule has 0 aliphatic carbocycles. The van der Waals surface area contributed by atoms with E-state index in [1.54, 1.807) is 6.07 Å². The molecule has 0 aliphatic heterocycles. The number of rotatable bonds is 5. The minimum atomic E-state index is -1.06. The van der Waals surface area contributed by atoms with Crippen LogP contribution in [0.15, 0.2) is 18.2 Å². The lowest BCUT2D eigenvalue weighted by Gasteiger charge is -2.14. The number of hydrogen-bond acceptors (Lipinski definition) is 4. The van der Waals surface area contributed by atoms with Gasteiger partial charge in [-0.3, -0.25) is 4.79 Å². The molecule has 0 unspecified atom stereocenters. The Hall–Kier alpha value is -1.59. The Morgan fingerprint density at radius 3 is 2.59 bits per heavy atom. The normalized spacial score (nSPS) is 12.7. The first-order valence-corrected chi connectivity index (χ1v) is 5.26. The number of aliphatic hydroxyl groups is 1. The predicted octanol–water partition coefficient (Wildman–Crippen LogP) is 0.962. The quantitative estimate of drug-likeness (QED) is 0.713. The lowest BCUT2D eigenvalue weighted by molar-refractivity contribution is -0.139. The first kappa shape index (κ1) is 13.5. The van der Waals surface area contributed by atoms with Gasteiger partial charge in [-0.05, 0) is 31.8 Å². The second-order valence-electron chi connectivity index (χ2n) is 4.24. The van der Waals surface area contributed by atoms with E-state index in [1.165, 1.54) is 12.1 Å². The lowest BCUT2D eigenvalue weighted by Crippen LogP contribution is -2.12. The van der Waals surface area contributed by atoms with Crippen molar-refractivity contribution in [1.82, 2.24) is 4.90 Å². The van der Waals surface area contributed by atoms with E-state index < -0.39 is 12.1 Å². The minimum Gasteiger partial charge on any atom is -0.508 e. The lowest BCUT2D eigenvalue weighted by atomic mass is 10.0. The fraction of sp³-hybridized carbons (Fsp3) is 0.417. The second-order valence-corrected chi connectivity index (χ2v) is 4.24. The summed E-state index contributed by atoms with van der Waals surface area (Å²) in [4.78, 5) is 12.4. The Bertz CT molecular complexity index is 403. The molecule has 0 aromatic heterocycles. The van der Waals surface area contributed by atoms with Gasteiger partial charge in [-0.25, -0.2) is 0 Å². The van der Waals surface area contributed by atoms with Crippen LogP contribution in [0.3, 0.4) is 0 Å². The van der Waals surface area contributed by atoms with Gasteiger partial charge in [0.2, 0.25) is 0 Å². The summed E-state index contributed by atoms with van der Waals surface area (Å²) in [7, 11) is 3.72. The molecule has 0 spiro atoms. The molecular weight excluding hydrogens is 222 g/mol. The summed E-state index contributed by atoms with van der Waals surface area (Å²) >= 11 is 0. The highest BCUT2D eigenvalue weighted by Gasteiger charge is 2.14. The zero-order valence-corrected chi connectivity index (χ0v) is 9.92. The number of aromatic hydroxyl groups is 1. The van der Waals surface area contributed by atoms with Crippen LogP contribution in [0.4, 0.5) is 0 Å². The smallest absolute Gasteiger partial charge is 0.306 e. The molecule has 0 aliphatic rings. The van der Waals surface area contributed by atoms with E-state index in [2.05, 4.69) is 0 Å². The van der Waals surface area contributed by atoms with Gasteiger partial charge in [-0.15, -0.1) is 0 Å². The van der Waals surface area contributed by atoms with E-state index in [9.17, 15) is 15.0 Å². The fourth-order valence-corrected chi connectivity index (χ4v) is 1.56. The first-order chi connectivity index (χ1) is 7.90. The molecule has 5 heteroatoms. The maximum atomic E-state index is 10.5. The fourth-order valence-electron chi connectivity index (χ4n) is 1.56. The average molecular weight is 239 g/mol. The Balaban J connectivity index is 2.91. The zero-order chi connectivity index (χ0) is 13.0. The van der Waals surface area contributed by atoms with Gasteiger partial charge in [0.25, 0.3) is 0 Å². The van der Waals surface area contributed by atoms with Gasteiger partial charge in [0, 0.05) is 12.1 Å². The van der Waals surface area contributed by atoms with Crippen LogP contribution < -0.4 is 0 Å². The van der Waals surface area contributed by atoms with Gasteiger partial charge in [0.05, 0.1) is 12.5 Å². The van der Waals surface area contributed by atoms with E-state index in [-0.39, 0.29) is 12.2 Å². The minimum absolute atomic E-state index is 0.143. The van der Waals surface area contributed by atoms with Crippen molar-refractivity contribution in [2.75, 3.05) is 14.1 Å². The zero-order valence-electron chi connectivity index (χ0n) is 9.92. The Labute approximate surface area is 99.9 Å². The van der Waals surface area contributed by atoms with Crippen molar-refractivity contribution < 1.29 is 20.1 Å². The third-order valence-corrected chi connectivity index (χ3v) is 2.34. The molecule has 1 atom stereocenters. The molecule has 3 N–H and O–H groups in total. The van der Waals surface area contributed by atoms with Crippen LogP contribution in [0.5, 0.6) is 5.75 Å².